The fourth-order valence-electron chi connectivity index (χ4n) is 3.41. The third-order valence-electron chi connectivity index (χ3n) is 4.79. The van der Waals surface area contributed by atoms with Crippen LogP contribution in [0, 0.1) is 11.8 Å². The van der Waals surface area contributed by atoms with Crippen LogP contribution in [0.1, 0.15) is 58.3 Å². The van der Waals surface area contributed by atoms with Crippen LogP contribution >= 0.6 is 11.8 Å². The van der Waals surface area contributed by atoms with Crippen molar-refractivity contribution in [1.82, 2.24) is 5.32 Å². The summed E-state index contributed by atoms with van der Waals surface area (Å²) in [4.78, 5) is 0. The first kappa shape index (κ1) is 13.7. The van der Waals surface area contributed by atoms with Crippen LogP contribution < -0.4 is 5.32 Å². The van der Waals surface area contributed by atoms with E-state index in [-0.39, 0.29) is 0 Å². The van der Waals surface area contributed by atoms with Gasteiger partial charge in [0.05, 0.1) is 0 Å². The molecule has 0 aromatic carbocycles. The zero-order chi connectivity index (χ0) is 12.1. The summed E-state index contributed by atoms with van der Waals surface area (Å²) in [6.45, 7) is 3.70. The molecule has 0 saturated heterocycles. The maximum atomic E-state index is 3.86. The lowest BCUT2D eigenvalue weighted by molar-refractivity contribution is 0.263. The Kier molecular flexibility index (Phi) is 5.68. The van der Waals surface area contributed by atoms with E-state index in [0.29, 0.717) is 0 Å². The van der Waals surface area contributed by atoms with Crippen LogP contribution in [0.2, 0.25) is 0 Å². The predicted octanol–water partition coefficient (Wildman–Crippen LogP) is 4.08. The summed E-state index contributed by atoms with van der Waals surface area (Å²) in [5.41, 5.74) is 0. The van der Waals surface area contributed by atoms with Gasteiger partial charge in [-0.15, -0.1) is 0 Å². The number of hydrogen-bond acceptors (Lipinski definition) is 2. The number of thioether (sulfide) groups is 1. The lowest BCUT2D eigenvalue weighted by Crippen LogP contribution is -2.38. The molecule has 2 saturated carbocycles. The third-order valence-corrected chi connectivity index (χ3v) is 5.88. The molecule has 2 unspecified atom stereocenters. The van der Waals surface area contributed by atoms with Crippen LogP contribution in [-0.4, -0.2) is 24.1 Å². The maximum Gasteiger partial charge on any atom is 0.00777 e. The second-order valence-corrected chi connectivity index (χ2v) is 7.39. The first-order valence-electron chi connectivity index (χ1n) is 7.54. The molecule has 0 bridgehead atoms. The highest BCUT2D eigenvalue weighted by Crippen LogP contribution is 2.29. The summed E-state index contributed by atoms with van der Waals surface area (Å²) >= 11 is 2.07. The molecule has 0 spiro atoms. The molecule has 1 N–H and O–H groups in total. The van der Waals surface area contributed by atoms with E-state index < -0.39 is 0 Å². The largest absolute Gasteiger partial charge is 0.314 e. The van der Waals surface area contributed by atoms with Crippen molar-refractivity contribution in [3.05, 3.63) is 0 Å². The van der Waals surface area contributed by atoms with Gasteiger partial charge in [-0.05, 0) is 56.7 Å². The van der Waals surface area contributed by atoms with E-state index in [9.17, 15) is 0 Å². The Balaban J connectivity index is 1.64. The summed E-state index contributed by atoms with van der Waals surface area (Å²) in [7, 11) is 0. The average molecular weight is 255 g/mol. The molecule has 0 aromatic heterocycles. The van der Waals surface area contributed by atoms with Crippen molar-refractivity contribution in [1.29, 1.82) is 0 Å². The summed E-state index contributed by atoms with van der Waals surface area (Å²) in [6, 6.07) is 0.820. The van der Waals surface area contributed by atoms with Gasteiger partial charge >= 0.3 is 0 Å². The van der Waals surface area contributed by atoms with Crippen LogP contribution in [0.25, 0.3) is 0 Å². The second-order valence-electron chi connectivity index (χ2n) is 6.26. The molecule has 0 amide bonds. The SMILES string of the molecule is CSC1CCCC(NCC2CCC(C)CC2)C1. The van der Waals surface area contributed by atoms with Crippen LogP contribution in [0.5, 0.6) is 0 Å². The minimum Gasteiger partial charge on any atom is -0.314 e. The van der Waals surface area contributed by atoms with Gasteiger partial charge in [-0.3, -0.25) is 0 Å². The highest BCUT2D eigenvalue weighted by molar-refractivity contribution is 7.99. The summed E-state index contributed by atoms with van der Waals surface area (Å²) < 4.78 is 0. The molecule has 0 heterocycles. The number of nitrogens with one attached hydrogen (secondary N) is 1. The van der Waals surface area contributed by atoms with E-state index in [1.54, 1.807) is 0 Å². The molecule has 17 heavy (non-hydrogen) atoms. The van der Waals surface area contributed by atoms with Crippen molar-refractivity contribution >= 4 is 11.8 Å². The zero-order valence-corrected chi connectivity index (χ0v) is 12.4. The summed E-state index contributed by atoms with van der Waals surface area (Å²) in [5.74, 6) is 1.96. The minimum atomic E-state index is 0.820. The summed E-state index contributed by atoms with van der Waals surface area (Å²) in [6.07, 6.45) is 13.8. The lowest BCUT2D eigenvalue weighted by Gasteiger charge is -2.32. The molecule has 2 rings (SSSR count). The van der Waals surface area contributed by atoms with Gasteiger partial charge in [0.1, 0.15) is 0 Å². The zero-order valence-electron chi connectivity index (χ0n) is 11.6. The van der Waals surface area contributed by atoms with Gasteiger partial charge in [-0.2, -0.15) is 11.8 Å². The van der Waals surface area contributed by atoms with E-state index in [2.05, 4.69) is 30.3 Å². The van der Waals surface area contributed by atoms with Gasteiger partial charge in [-0.1, -0.05) is 26.2 Å². The Hall–Kier alpha value is 0.310. The normalized spacial score (nSPS) is 39.2. The molecule has 2 aliphatic carbocycles. The van der Waals surface area contributed by atoms with Crippen molar-refractivity contribution in [2.24, 2.45) is 11.8 Å². The molecule has 2 fully saturated rings. The van der Waals surface area contributed by atoms with Crippen LogP contribution in [0.4, 0.5) is 0 Å². The van der Waals surface area contributed by atoms with E-state index in [0.717, 1.165) is 23.1 Å². The Morgan fingerprint density at radius 2 is 1.82 bits per heavy atom. The maximum absolute atomic E-state index is 3.86. The van der Waals surface area contributed by atoms with E-state index in [1.807, 2.05) is 0 Å². The fourth-order valence-corrected chi connectivity index (χ4v) is 4.24. The molecular formula is C15H29NS. The Bertz CT molecular complexity index is 211. The molecule has 1 nitrogen and oxygen atoms in total. The van der Waals surface area contributed by atoms with Crippen molar-refractivity contribution in [3.8, 4) is 0 Å². The number of rotatable bonds is 4. The van der Waals surface area contributed by atoms with Gasteiger partial charge < -0.3 is 5.32 Å². The second kappa shape index (κ2) is 7.04. The molecule has 2 atom stereocenters. The van der Waals surface area contributed by atoms with E-state index in [1.165, 1.54) is 57.9 Å². The molecule has 0 radical (unpaired) electrons. The molecular weight excluding hydrogens is 226 g/mol. The van der Waals surface area contributed by atoms with Gasteiger partial charge in [-0.25, -0.2) is 0 Å². The lowest BCUT2D eigenvalue weighted by atomic mass is 9.82. The van der Waals surface area contributed by atoms with Gasteiger partial charge in [0.25, 0.3) is 0 Å². The number of hydrogen-bond donors (Lipinski definition) is 1. The van der Waals surface area contributed by atoms with E-state index in [4.69, 9.17) is 0 Å². The molecule has 2 heteroatoms. The van der Waals surface area contributed by atoms with Crippen molar-refractivity contribution < 1.29 is 0 Å². The molecule has 0 aliphatic heterocycles. The Morgan fingerprint density at radius 1 is 1.06 bits per heavy atom. The molecule has 0 aromatic rings. The van der Waals surface area contributed by atoms with E-state index >= 15 is 0 Å². The molecule has 100 valence electrons. The van der Waals surface area contributed by atoms with Crippen LogP contribution in [0.3, 0.4) is 0 Å². The van der Waals surface area contributed by atoms with Crippen molar-refractivity contribution in [3.63, 3.8) is 0 Å². The monoisotopic (exact) mass is 255 g/mol. The minimum absolute atomic E-state index is 0.820. The molecule has 2 aliphatic rings. The average Bonchev–Trinajstić information content (AvgIpc) is 2.38. The van der Waals surface area contributed by atoms with Gasteiger partial charge in [0, 0.05) is 11.3 Å². The Morgan fingerprint density at radius 3 is 2.53 bits per heavy atom. The topological polar surface area (TPSA) is 12.0 Å². The smallest absolute Gasteiger partial charge is 0.00777 e. The first-order valence-corrected chi connectivity index (χ1v) is 8.83. The van der Waals surface area contributed by atoms with Crippen molar-refractivity contribution in [2.45, 2.75) is 69.6 Å². The fraction of sp³-hybridized carbons (Fsp3) is 1.00. The highest BCUT2D eigenvalue weighted by Gasteiger charge is 2.23. The van der Waals surface area contributed by atoms with Crippen LogP contribution in [-0.2, 0) is 0 Å². The third kappa shape index (κ3) is 4.48. The van der Waals surface area contributed by atoms with Crippen LogP contribution in [0.15, 0.2) is 0 Å². The van der Waals surface area contributed by atoms with Gasteiger partial charge in [0.2, 0.25) is 0 Å². The highest BCUT2D eigenvalue weighted by atomic mass is 32.2. The standard InChI is InChI=1S/C15H29NS/c1-12-6-8-13(9-7-12)11-16-14-4-3-5-15(10-14)17-2/h12-16H,3-11H2,1-2H3. The predicted molar refractivity (Wildman–Crippen MR) is 78.7 cm³/mol. The van der Waals surface area contributed by atoms with Crippen molar-refractivity contribution in [2.75, 3.05) is 12.8 Å². The first-order chi connectivity index (χ1) is 8.28. The summed E-state index contributed by atoms with van der Waals surface area (Å²) in [5, 5.41) is 4.78. The quantitative estimate of drug-likeness (QED) is 0.812. The van der Waals surface area contributed by atoms with Gasteiger partial charge in [0.15, 0.2) is 0 Å². The Labute approximate surface area is 112 Å².